The molecule has 0 radical (unpaired) electrons. The average Bonchev–Trinajstić information content (AvgIpc) is 2.89. The molecular formula is C18H18N2O5S. The highest BCUT2D eigenvalue weighted by Gasteiger charge is 2.27. The molecule has 0 saturated carbocycles. The second-order valence-corrected chi connectivity index (χ2v) is 7.47. The van der Waals surface area contributed by atoms with Gasteiger partial charge in [-0.25, -0.2) is 13.2 Å². The summed E-state index contributed by atoms with van der Waals surface area (Å²) in [5.74, 6) is -0.692. The number of benzene rings is 2. The summed E-state index contributed by atoms with van der Waals surface area (Å²) in [7, 11) is -2.28. The third-order valence-electron chi connectivity index (χ3n) is 4.11. The molecule has 26 heavy (non-hydrogen) atoms. The molecule has 1 aliphatic heterocycles. The minimum Gasteiger partial charge on any atom is -0.462 e. The zero-order chi connectivity index (χ0) is 18.9. The number of anilines is 2. The maximum atomic E-state index is 12.7. The van der Waals surface area contributed by atoms with E-state index in [9.17, 15) is 18.0 Å². The number of para-hydroxylation sites is 1. The van der Waals surface area contributed by atoms with E-state index in [1.165, 1.54) is 29.2 Å². The molecule has 136 valence electrons. The molecule has 1 aliphatic rings. The predicted octanol–water partition coefficient (Wildman–Crippen LogP) is 2.18. The van der Waals surface area contributed by atoms with Gasteiger partial charge >= 0.3 is 5.97 Å². The molecule has 1 heterocycles. The number of nitrogens with zero attached hydrogens (tertiary/aromatic N) is 1. The van der Waals surface area contributed by atoms with Crippen LogP contribution in [0.4, 0.5) is 11.4 Å². The van der Waals surface area contributed by atoms with E-state index in [0.717, 1.165) is 0 Å². The fraction of sp³-hybridized carbons (Fsp3) is 0.222. The lowest BCUT2D eigenvalue weighted by Crippen LogP contribution is -2.20. The van der Waals surface area contributed by atoms with E-state index in [0.29, 0.717) is 11.3 Å². The van der Waals surface area contributed by atoms with Gasteiger partial charge in [0.25, 0.3) is 10.0 Å². The molecule has 1 N–H and O–H groups in total. The third kappa shape index (κ3) is 3.28. The minimum absolute atomic E-state index is 0.0259. The second-order valence-electron chi connectivity index (χ2n) is 5.79. The van der Waals surface area contributed by atoms with Crippen molar-refractivity contribution in [3.63, 3.8) is 0 Å². The number of hydrogen-bond donors (Lipinski definition) is 1. The Labute approximate surface area is 151 Å². The molecule has 2 aromatic carbocycles. The first-order valence-corrected chi connectivity index (χ1v) is 9.50. The Morgan fingerprint density at radius 2 is 1.96 bits per heavy atom. The van der Waals surface area contributed by atoms with Gasteiger partial charge in [-0.2, -0.15) is 0 Å². The van der Waals surface area contributed by atoms with E-state index in [4.69, 9.17) is 4.74 Å². The lowest BCUT2D eigenvalue weighted by molar-refractivity contribution is -0.117. The number of rotatable bonds is 5. The summed E-state index contributed by atoms with van der Waals surface area (Å²) in [6.07, 6.45) is 0.161. The van der Waals surface area contributed by atoms with Gasteiger partial charge in [-0.15, -0.1) is 0 Å². The molecule has 0 aliphatic carbocycles. The molecule has 0 fully saturated rings. The van der Waals surface area contributed by atoms with Gasteiger partial charge in [0.15, 0.2) is 0 Å². The number of nitrogens with one attached hydrogen (secondary N) is 1. The third-order valence-corrected chi connectivity index (χ3v) is 5.47. The Morgan fingerprint density at radius 1 is 1.23 bits per heavy atom. The molecule has 0 bridgehead atoms. The zero-order valence-electron chi connectivity index (χ0n) is 14.4. The van der Waals surface area contributed by atoms with Crippen LogP contribution in [-0.4, -0.2) is 33.9 Å². The first-order valence-electron chi connectivity index (χ1n) is 8.02. The molecule has 2 aromatic rings. The van der Waals surface area contributed by atoms with Gasteiger partial charge in [0.05, 0.1) is 29.2 Å². The van der Waals surface area contributed by atoms with Crippen LogP contribution in [0.1, 0.15) is 22.8 Å². The lowest BCUT2D eigenvalue weighted by atomic mass is 10.2. The standard InChI is InChI=1S/C18H18N2O5S/c1-3-25-18(22)14-6-4-5-7-15(14)19-26(23,24)13-8-9-16-12(10-13)11-17(21)20(16)2/h4-10,19H,3,11H2,1-2H3. The number of likely N-dealkylation sites (N-methyl/N-ethyl adjacent to an activating group) is 1. The highest BCUT2D eigenvalue weighted by Crippen LogP contribution is 2.30. The molecule has 8 heteroatoms. The number of fused-ring (bicyclic) bond motifs is 1. The number of carbonyl (C=O) groups excluding carboxylic acids is 2. The second kappa shape index (κ2) is 6.80. The normalized spacial score (nSPS) is 13.5. The summed E-state index contributed by atoms with van der Waals surface area (Å²) in [6, 6.07) is 10.7. The van der Waals surface area contributed by atoms with Gasteiger partial charge in [-0.3, -0.25) is 9.52 Å². The summed E-state index contributed by atoms with van der Waals surface area (Å²) in [6.45, 7) is 1.86. The smallest absolute Gasteiger partial charge is 0.340 e. The molecule has 0 saturated heterocycles. The molecule has 3 rings (SSSR count). The van der Waals surface area contributed by atoms with Crippen molar-refractivity contribution in [2.45, 2.75) is 18.2 Å². The summed E-state index contributed by atoms with van der Waals surface area (Å²) >= 11 is 0. The van der Waals surface area contributed by atoms with Crippen LogP contribution >= 0.6 is 0 Å². The van der Waals surface area contributed by atoms with Crippen molar-refractivity contribution in [1.29, 1.82) is 0 Å². The van der Waals surface area contributed by atoms with Crippen LogP contribution in [0.5, 0.6) is 0 Å². The number of amides is 1. The monoisotopic (exact) mass is 374 g/mol. The highest BCUT2D eigenvalue weighted by atomic mass is 32.2. The van der Waals surface area contributed by atoms with Crippen molar-refractivity contribution in [2.75, 3.05) is 23.3 Å². The molecule has 0 atom stereocenters. The Morgan fingerprint density at radius 3 is 2.69 bits per heavy atom. The zero-order valence-corrected chi connectivity index (χ0v) is 15.2. The van der Waals surface area contributed by atoms with Gasteiger partial charge in [0, 0.05) is 12.7 Å². The molecular weight excluding hydrogens is 356 g/mol. The average molecular weight is 374 g/mol. The lowest BCUT2D eigenvalue weighted by Gasteiger charge is -2.13. The number of hydrogen-bond acceptors (Lipinski definition) is 5. The van der Waals surface area contributed by atoms with Crippen LogP contribution in [0.2, 0.25) is 0 Å². The molecule has 0 aromatic heterocycles. The van der Waals surface area contributed by atoms with Crippen LogP contribution in [-0.2, 0) is 26.0 Å². The van der Waals surface area contributed by atoms with Crippen molar-refractivity contribution in [2.24, 2.45) is 0 Å². The van der Waals surface area contributed by atoms with E-state index in [1.807, 2.05) is 0 Å². The van der Waals surface area contributed by atoms with Crippen LogP contribution in [0, 0.1) is 0 Å². The Bertz CT molecular complexity index is 985. The predicted molar refractivity (Wildman–Crippen MR) is 96.8 cm³/mol. The van der Waals surface area contributed by atoms with Crippen LogP contribution < -0.4 is 9.62 Å². The maximum Gasteiger partial charge on any atom is 0.340 e. The number of ether oxygens (including phenoxy) is 1. The van der Waals surface area contributed by atoms with Crippen LogP contribution in [0.15, 0.2) is 47.4 Å². The van der Waals surface area contributed by atoms with Gasteiger partial charge in [0.1, 0.15) is 0 Å². The summed E-state index contributed by atoms with van der Waals surface area (Å²) in [5, 5.41) is 0. The van der Waals surface area contributed by atoms with E-state index in [2.05, 4.69) is 4.72 Å². The van der Waals surface area contributed by atoms with Crippen molar-refractivity contribution in [3.8, 4) is 0 Å². The van der Waals surface area contributed by atoms with Gasteiger partial charge < -0.3 is 9.64 Å². The first-order chi connectivity index (χ1) is 12.3. The minimum atomic E-state index is -3.93. The highest BCUT2D eigenvalue weighted by molar-refractivity contribution is 7.92. The van der Waals surface area contributed by atoms with Crippen molar-refractivity contribution >= 4 is 33.3 Å². The van der Waals surface area contributed by atoms with Crippen LogP contribution in [0.25, 0.3) is 0 Å². The SMILES string of the molecule is CCOC(=O)c1ccccc1NS(=O)(=O)c1ccc2c(c1)CC(=O)N2C. The van der Waals surface area contributed by atoms with Gasteiger partial charge in [0.2, 0.25) is 5.91 Å². The summed E-state index contributed by atoms with van der Waals surface area (Å²) < 4.78 is 32.9. The Balaban J connectivity index is 1.93. The van der Waals surface area contributed by atoms with Crippen molar-refractivity contribution in [1.82, 2.24) is 0 Å². The van der Waals surface area contributed by atoms with E-state index < -0.39 is 16.0 Å². The summed E-state index contributed by atoms with van der Waals surface area (Å²) in [4.78, 5) is 25.3. The Hall–Kier alpha value is -2.87. The summed E-state index contributed by atoms with van der Waals surface area (Å²) in [5.41, 5.74) is 1.62. The van der Waals surface area contributed by atoms with E-state index >= 15 is 0 Å². The first kappa shape index (κ1) is 17.9. The largest absolute Gasteiger partial charge is 0.462 e. The number of carbonyl (C=O) groups is 2. The molecule has 7 nitrogen and oxygen atoms in total. The molecule has 1 amide bonds. The Kier molecular flexibility index (Phi) is 4.69. The quantitative estimate of drug-likeness (QED) is 0.810. The van der Waals surface area contributed by atoms with Crippen molar-refractivity contribution < 1.29 is 22.7 Å². The number of sulfonamides is 1. The van der Waals surface area contributed by atoms with Gasteiger partial charge in [-0.05, 0) is 42.8 Å². The van der Waals surface area contributed by atoms with Crippen LogP contribution in [0.3, 0.4) is 0 Å². The molecule has 0 spiro atoms. The van der Waals surface area contributed by atoms with E-state index in [-0.39, 0.29) is 35.1 Å². The van der Waals surface area contributed by atoms with E-state index in [1.54, 1.807) is 32.2 Å². The van der Waals surface area contributed by atoms with Gasteiger partial charge in [-0.1, -0.05) is 12.1 Å². The fourth-order valence-electron chi connectivity index (χ4n) is 2.78. The number of esters is 1. The maximum absolute atomic E-state index is 12.7. The van der Waals surface area contributed by atoms with Crippen molar-refractivity contribution in [3.05, 3.63) is 53.6 Å². The topological polar surface area (TPSA) is 92.8 Å². The fourth-order valence-corrected chi connectivity index (χ4v) is 3.91. The molecule has 0 unspecified atom stereocenters.